The fourth-order valence-corrected chi connectivity index (χ4v) is 3.99. The standard InChI is InChI=1S/C15H24BrF2NO2/c1-13(2,3)21-12(20)19-14(8-15(17,18)9-14)10-4-6-11(16)7-5-10/h10-11H,4-9H2,1-3H3,(H,19,20). The molecular formula is C15H24BrF2NO2. The Morgan fingerprint density at radius 3 is 2.14 bits per heavy atom. The van der Waals surface area contributed by atoms with E-state index in [1.54, 1.807) is 20.8 Å². The zero-order valence-corrected chi connectivity index (χ0v) is 14.4. The van der Waals surface area contributed by atoms with Crippen molar-refractivity contribution in [2.45, 2.75) is 81.2 Å². The van der Waals surface area contributed by atoms with Crippen LogP contribution in [-0.2, 0) is 4.74 Å². The van der Waals surface area contributed by atoms with Gasteiger partial charge in [0.15, 0.2) is 0 Å². The molecule has 0 aliphatic heterocycles. The monoisotopic (exact) mass is 367 g/mol. The number of hydrogen-bond donors (Lipinski definition) is 1. The van der Waals surface area contributed by atoms with Gasteiger partial charge < -0.3 is 10.1 Å². The van der Waals surface area contributed by atoms with Crippen LogP contribution >= 0.6 is 15.9 Å². The quantitative estimate of drug-likeness (QED) is 0.722. The third-order valence-corrected chi connectivity index (χ3v) is 5.25. The van der Waals surface area contributed by atoms with Crippen molar-refractivity contribution in [3.63, 3.8) is 0 Å². The van der Waals surface area contributed by atoms with E-state index in [1.807, 2.05) is 0 Å². The van der Waals surface area contributed by atoms with Crippen LogP contribution in [0.3, 0.4) is 0 Å². The Morgan fingerprint density at radius 1 is 1.19 bits per heavy atom. The maximum atomic E-state index is 13.5. The normalized spacial score (nSPS) is 31.1. The lowest BCUT2D eigenvalue weighted by Crippen LogP contribution is -2.66. The van der Waals surface area contributed by atoms with Crippen molar-refractivity contribution in [3.05, 3.63) is 0 Å². The Morgan fingerprint density at radius 2 is 1.71 bits per heavy atom. The smallest absolute Gasteiger partial charge is 0.408 e. The van der Waals surface area contributed by atoms with E-state index < -0.39 is 23.2 Å². The molecule has 0 aromatic carbocycles. The van der Waals surface area contributed by atoms with Gasteiger partial charge in [0.05, 0.1) is 5.54 Å². The second-order valence-electron chi connectivity index (χ2n) is 7.44. The summed E-state index contributed by atoms with van der Waals surface area (Å²) >= 11 is 3.58. The lowest BCUT2D eigenvalue weighted by atomic mass is 9.61. The first-order valence-corrected chi connectivity index (χ1v) is 8.46. The average Bonchev–Trinajstić information content (AvgIpc) is 2.23. The maximum Gasteiger partial charge on any atom is 0.408 e. The molecule has 2 saturated carbocycles. The van der Waals surface area contributed by atoms with Crippen molar-refractivity contribution in [2.75, 3.05) is 0 Å². The van der Waals surface area contributed by atoms with E-state index in [9.17, 15) is 13.6 Å². The molecular weight excluding hydrogens is 344 g/mol. The largest absolute Gasteiger partial charge is 0.444 e. The summed E-state index contributed by atoms with van der Waals surface area (Å²) in [7, 11) is 0. The summed E-state index contributed by atoms with van der Waals surface area (Å²) in [5, 5.41) is 2.77. The molecule has 0 spiro atoms. The number of hydrogen-bond acceptors (Lipinski definition) is 2. The summed E-state index contributed by atoms with van der Waals surface area (Å²) < 4.78 is 32.1. The molecule has 122 valence electrons. The van der Waals surface area contributed by atoms with Crippen LogP contribution < -0.4 is 5.32 Å². The Bertz CT molecular complexity index is 393. The molecule has 2 aliphatic rings. The summed E-state index contributed by atoms with van der Waals surface area (Å²) in [6, 6.07) is 0. The Kier molecular flexibility index (Phi) is 4.58. The van der Waals surface area contributed by atoms with Gasteiger partial charge in [-0.15, -0.1) is 0 Å². The molecule has 0 aromatic heterocycles. The average molecular weight is 368 g/mol. The van der Waals surface area contributed by atoms with Gasteiger partial charge in [-0.3, -0.25) is 0 Å². The van der Waals surface area contributed by atoms with Crippen molar-refractivity contribution in [1.29, 1.82) is 0 Å². The summed E-state index contributed by atoms with van der Waals surface area (Å²) in [4.78, 5) is 12.5. The maximum absolute atomic E-state index is 13.5. The number of carbonyl (C=O) groups excluding carboxylic acids is 1. The number of nitrogens with one attached hydrogen (secondary N) is 1. The first-order chi connectivity index (χ1) is 9.51. The van der Waals surface area contributed by atoms with Crippen LogP contribution in [0.25, 0.3) is 0 Å². The molecule has 6 heteroatoms. The lowest BCUT2D eigenvalue weighted by Gasteiger charge is -2.53. The van der Waals surface area contributed by atoms with E-state index in [1.165, 1.54) is 0 Å². The summed E-state index contributed by atoms with van der Waals surface area (Å²) in [6.07, 6.45) is 2.54. The van der Waals surface area contributed by atoms with Gasteiger partial charge in [0, 0.05) is 17.7 Å². The number of carbonyl (C=O) groups is 1. The number of alkyl carbamates (subject to hydrolysis) is 1. The van der Waals surface area contributed by atoms with Gasteiger partial charge in [0.1, 0.15) is 5.60 Å². The van der Waals surface area contributed by atoms with E-state index in [-0.39, 0.29) is 18.8 Å². The number of amides is 1. The molecule has 1 amide bonds. The van der Waals surface area contributed by atoms with Crippen LogP contribution in [-0.4, -0.2) is 28.0 Å². The van der Waals surface area contributed by atoms with Gasteiger partial charge in [0.25, 0.3) is 5.92 Å². The molecule has 2 fully saturated rings. The molecule has 0 unspecified atom stereocenters. The van der Waals surface area contributed by atoms with Gasteiger partial charge in [-0.25, -0.2) is 13.6 Å². The highest BCUT2D eigenvalue weighted by Gasteiger charge is 2.61. The Labute approximate surface area is 133 Å². The van der Waals surface area contributed by atoms with Crippen LogP contribution in [0, 0.1) is 5.92 Å². The van der Waals surface area contributed by atoms with Crippen LogP contribution in [0.15, 0.2) is 0 Å². The molecule has 0 atom stereocenters. The highest BCUT2D eigenvalue weighted by atomic mass is 79.9. The highest BCUT2D eigenvalue weighted by Crippen LogP contribution is 2.53. The third kappa shape index (κ3) is 4.30. The van der Waals surface area contributed by atoms with Gasteiger partial charge in [-0.05, 0) is 52.4 Å². The van der Waals surface area contributed by atoms with Gasteiger partial charge in [0.2, 0.25) is 0 Å². The SMILES string of the molecule is CC(C)(C)OC(=O)NC1(C2CCC(Br)CC2)CC(F)(F)C1. The minimum absolute atomic E-state index is 0.110. The number of rotatable bonds is 2. The van der Waals surface area contributed by atoms with Crippen LogP contribution in [0.1, 0.15) is 59.3 Å². The van der Waals surface area contributed by atoms with E-state index in [4.69, 9.17) is 4.74 Å². The number of alkyl halides is 3. The van der Waals surface area contributed by atoms with Crippen molar-refractivity contribution in [1.82, 2.24) is 5.32 Å². The zero-order valence-electron chi connectivity index (χ0n) is 12.8. The van der Waals surface area contributed by atoms with Crippen LogP contribution in [0.2, 0.25) is 0 Å². The third-order valence-electron chi connectivity index (χ3n) is 4.34. The predicted octanol–water partition coefficient (Wildman–Crippen LogP) is 4.63. The fraction of sp³-hybridized carbons (Fsp3) is 0.933. The Hall–Kier alpha value is -0.390. The fourth-order valence-electron chi connectivity index (χ4n) is 3.46. The summed E-state index contributed by atoms with van der Waals surface area (Å²) in [5.74, 6) is -2.56. The van der Waals surface area contributed by atoms with E-state index in [0.29, 0.717) is 4.83 Å². The number of halogens is 3. The second kappa shape index (κ2) is 5.67. The molecule has 0 aromatic rings. The Balaban J connectivity index is 2.03. The molecule has 0 heterocycles. The van der Waals surface area contributed by atoms with Crippen molar-refractivity contribution >= 4 is 22.0 Å². The van der Waals surface area contributed by atoms with E-state index in [0.717, 1.165) is 25.7 Å². The van der Waals surface area contributed by atoms with Crippen LogP contribution in [0.5, 0.6) is 0 Å². The molecule has 0 bridgehead atoms. The molecule has 21 heavy (non-hydrogen) atoms. The van der Waals surface area contributed by atoms with Gasteiger partial charge in [-0.2, -0.15) is 0 Å². The minimum Gasteiger partial charge on any atom is -0.444 e. The zero-order chi connectivity index (χ0) is 15.9. The number of ether oxygens (including phenoxy) is 1. The molecule has 1 N–H and O–H groups in total. The first-order valence-electron chi connectivity index (χ1n) is 7.54. The summed E-state index contributed by atoms with van der Waals surface area (Å²) in [6.45, 7) is 5.31. The first kappa shape index (κ1) is 17.0. The van der Waals surface area contributed by atoms with Crippen molar-refractivity contribution in [2.24, 2.45) is 5.92 Å². The molecule has 0 radical (unpaired) electrons. The molecule has 2 aliphatic carbocycles. The predicted molar refractivity (Wildman–Crippen MR) is 81.0 cm³/mol. The molecule has 2 rings (SSSR count). The van der Waals surface area contributed by atoms with Crippen molar-refractivity contribution < 1.29 is 18.3 Å². The van der Waals surface area contributed by atoms with Gasteiger partial charge in [-0.1, -0.05) is 15.9 Å². The summed E-state index contributed by atoms with van der Waals surface area (Å²) in [5.41, 5.74) is -1.41. The van der Waals surface area contributed by atoms with Gasteiger partial charge >= 0.3 is 6.09 Å². The molecule has 3 nitrogen and oxygen atoms in total. The van der Waals surface area contributed by atoms with Crippen molar-refractivity contribution in [3.8, 4) is 0 Å². The second-order valence-corrected chi connectivity index (χ2v) is 8.74. The topological polar surface area (TPSA) is 38.3 Å². The van der Waals surface area contributed by atoms with Crippen LogP contribution in [0.4, 0.5) is 13.6 Å². The lowest BCUT2D eigenvalue weighted by molar-refractivity contribution is -0.154. The van der Waals surface area contributed by atoms with E-state index >= 15 is 0 Å². The minimum atomic E-state index is -2.67. The van der Waals surface area contributed by atoms with E-state index in [2.05, 4.69) is 21.2 Å². The molecule has 0 saturated heterocycles. The highest BCUT2D eigenvalue weighted by molar-refractivity contribution is 9.09.